The first kappa shape index (κ1) is 30.8. The normalized spacial score (nSPS) is 17.5. The van der Waals surface area contributed by atoms with E-state index >= 15 is 0 Å². The lowest BCUT2D eigenvalue weighted by Gasteiger charge is -2.40. The molecule has 0 bridgehead atoms. The number of nitrogens with zero attached hydrogens (tertiary/aromatic N) is 5. The zero-order chi connectivity index (χ0) is 31.1. The molecule has 0 aliphatic carbocycles. The van der Waals surface area contributed by atoms with Crippen LogP contribution in [-0.2, 0) is 17.3 Å². The number of aromatic hydroxyl groups is 1. The van der Waals surface area contributed by atoms with Gasteiger partial charge in [-0.1, -0.05) is 35.1 Å². The van der Waals surface area contributed by atoms with Gasteiger partial charge in [-0.15, -0.1) is 0 Å². The molecule has 228 valence electrons. The number of ether oxygens (including phenoxy) is 1. The molecule has 9 nitrogen and oxygen atoms in total. The number of halogens is 4. The summed E-state index contributed by atoms with van der Waals surface area (Å²) >= 11 is 7.04. The second-order valence-electron chi connectivity index (χ2n) is 11.2. The summed E-state index contributed by atoms with van der Waals surface area (Å²) in [5.41, 5.74) is -0.488. The topological polar surface area (TPSA) is 111 Å². The van der Waals surface area contributed by atoms with Crippen molar-refractivity contribution in [3.63, 3.8) is 0 Å². The molecule has 0 spiro atoms. The number of piperazine rings is 1. The minimum absolute atomic E-state index is 0.0218. The van der Waals surface area contributed by atoms with Crippen molar-refractivity contribution in [2.24, 2.45) is 10.2 Å². The molecule has 1 atom stereocenters. The Morgan fingerprint density at radius 2 is 1.93 bits per heavy atom. The van der Waals surface area contributed by atoms with Gasteiger partial charge in [-0.3, -0.25) is 4.90 Å². The maximum absolute atomic E-state index is 14.0. The van der Waals surface area contributed by atoms with E-state index < -0.39 is 29.5 Å². The van der Waals surface area contributed by atoms with E-state index in [2.05, 4.69) is 15.2 Å². The van der Waals surface area contributed by atoms with Gasteiger partial charge in [0.2, 0.25) is 5.88 Å². The Bertz CT molecular complexity index is 1700. The molecule has 3 heterocycles. The fraction of sp³-hybridized carbons (Fsp3) is 0.379. The highest BCUT2D eigenvalue weighted by Gasteiger charge is 2.36. The number of aliphatic hydroxyl groups is 1. The van der Waals surface area contributed by atoms with Crippen LogP contribution in [0.5, 0.6) is 5.88 Å². The number of fused-ring (bicyclic) bond motifs is 1. The molecule has 2 N–H and O–H groups in total. The molecule has 0 unspecified atom stereocenters. The van der Waals surface area contributed by atoms with Gasteiger partial charge in [-0.2, -0.15) is 28.4 Å². The molecule has 2 aromatic carbocycles. The molecule has 3 aromatic rings. The molecule has 2 aliphatic heterocycles. The van der Waals surface area contributed by atoms with E-state index in [0.29, 0.717) is 38.3 Å². The lowest BCUT2D eigenvalue weighted by Crippen LogP contribution is -2.57. The quantitative estimate of drug-likeness (QED) is 0.432. The van der Waals surface area contributed by atoms with Crippen molar-refractivity contribution < 1.29 is 32.9 Å². The third-order valence-electron chi connectivity index (χ3n) is 6.95. The number of aliphatic hydroxyl groups excluding tert-OH is 1. The Morgan fingerprint density at radius 3 is 2.63 bits per heavy atom. The maximum atomic E-state index is 14.0. The van der Waals surface area contributed by atoms with Gasteiger partial charge in [-0.05, 0) is 61.4 Å². The van der Waals surface area contributed by atoms with E-state index in [1.54, 1.807) is 45.2 Å². The van der Waals surface area contributed by atoms with Crippen molar-refractivity contribution in [1.82, 2.24) is 9.88 Å². The molecular formula is C29H29ClF3N5O4S. The van der Waals surface area contributed by atoms with Crippen LogP contribution >= 0.6 is 22.9 Å². The number of anilines is 1. The van der Waals surface area contributed by atoms with Crippen LogP contribution in [0, 0.1) is 0 Å². The lowest BCUT2D eigenvalue weighted by molar-refractivity contribution is -0.138. The number of benzene rings is 2. The number of thiazole rings is 1. The monoisotopic (exact) mass is 635 g/mol. The number of rotatable bonds is 5. The predicted octanol–water partition coefficient (Wildman–Crippen LogP) is 4.35. The van der Waals surface area contributed by atoms with E-state index in [4.69, 9.17) is 16.3 Å². The molecule has 1 saturated heterocycles. The summed E-state index contributed by atoms with van der Waals surface area (Å²) < 4.78 is 47.5. The van der Waals surface area contributed by atoms with Crippen molar-refractivity contribution in [3.05, 3.63) is 73.6 Å². The van der Waals surface area contributed by atoms with E-state index in [1.807, 2.05) is 4.90 Å². The van der Waals surface area contributed by atoms with Gasteiger partial charge in [0, 0.05) is 36.6 Å². The Labute approximate surface area is 254 Å². The summed E-state index contributed by atoms with van der Waals surface area (Å²) in [4.78, 5) is 20.6. The number of hydrogen-bond acceptors (Lipinski definition) is 9. The molecule has 2 aliphatic rings. The van der Waals surface area contributed by atoms with Crippen molar-refractivity contribution in [3.8, 4) is 5.88 Å². The Kier molecular flexibility index (Phi) is 8.43. The number of aromatic nitrogens is 1. The summed E-state index contributed by atoms with van der Waals surface area (Å²) in [5.74, 6) is -0.341. The number of hydrogen-bond donors (Lipinski definition) is 2. The fourth-order valence-corrected chi connectivity index (χ4v) is 6.17. The number of carbonyl (C=O) groups is 1. The van der Waals surface area contributed by atoms with Crippen LogP contribution in [0.25, 0.3) is 5.57 Å². The molecule has 1 fully saturated rings. The summed E-state index contributed by atoms with van der Waals surface area (Å²) in [6, 6.07) is 8.21. The van der Waals surface area contributed by atoms with E-state index in [0.717, 1.165) is 17.4 Å². The Morgan fingerprint density at radius 1 is 1.16 bits per heavy atom. The molecular weight excluding hydrogens is 607 g/mol. The van der Waals surface area contributed by atoms with Crippen LogP contribution < -0.4 is 15.5 Å². The summed E-state index contributed by atoms with van der Waals surface area (Å²) in [6.45, 7) is 5.73. The number of amides is 1. The number of carbonyl (C=O) groups excluding carboxylic acids is 1. The maximum Gasteiger partial charge on any atom is 0.416 e. The zero-order valence-electron chi connectivity index (χ0n) is 23.5. The highest BCUT2D eigenvalue weighted by Crippen LogP contribution is 2.40. The van der Waals surface area contributed by atoms with Gasteiger partial charge in [0.25, 0.3) is 0 Å². The van der Waals surface area contributed by atoms with E-state index in [-0.39, 0.29) is 42.6 Å². The molecule has 14 heteroatoms. The summed E-state index contributed by atoms with van der Waals surface area (Å²) in [7, 11) is 0. The highest BCUT2D eigenvalue weighted by atomic mass is 35.5. The summed E-state index contributed by atoms with van der Waals surface area (Å²) in [5, 5.41) is 30.6. The Balaban J connectivity index is 1.53. The van der Waals surface area contributed by atoms with Crippen LogP contribution in [0.1, 0.15) is 42.3 Å². The SMILES string of the molecule is CC(C)(C)OC(=O)N1CCN(c2nc(O)c(C(Cc3ccc(Cl)cc3C(F)(F)F)=c3ccc4c(c3)C=NN=4)s2)C[C@H]1CO. The third kappa shape index (κ3) is 6.78. The van der Waals surface area contributed by atoms with Crippen molar-refractivity contribution in [2.45, 2.75) is 45.0 Å². The first-order valence-electron chi connectivity index (χ1n) is 13.4. The van der Waals surface area contributed by atoms with Crippen LogP contribution in [0.2, 0.25) is 5.02 Å². The predicted molar refractivity (Wildman–Crippen MR) is 157 cm³/mol. The molecule has 5 rings (SSSR count). The second kappa shape index (κ2) is 11.8. The van der Waals surface area contributed by atoms with Gasteiger partial charge in [0.15, 0.2) is 5.13 Å². The minimum Gasteiger partial charge on any atom is -0.492 e. The average molecular weight is 636 g/mol. The first-order valence-corrected chi connectivity index (χ1v) is 14.6. The first-order chi connectivity index (χ1) is 20.2. The molecule has 43 heavy (non-hydrogen) atoms. The van der Waals surface area contributed by atoms with Crippen molar-refractivity contribution in [1.29, 1.82) is 0 Å². The molecule has 0 saturated carbocycles. The van der Waals surface area contributed by atoms with E-state index in [9.17, 15) is 28.2 Å². The minimum atomic E-state index is -4.65. The molecule has 1 amide bonds. The van der Waals surface area contributed by atoms with Gasteiger partial charge >= 0.3 is 12.3 Å². The highest BCUT2D eigenvalue weighted by molar-refractivity contribution is 7.17. The van der Waals surface area contributed by atoms with Crippen LogP contribution in [0.4, 0.5) is 23.1 Å². The van der Waals surface area contributed by atoms with Crippen LogP contribution in [-0.4, -0.2) is 70.3 Å². The van der Waals surface area contributed by atoms with Crippen LogP contribution in [0.3, 0.4) is 0 Å². The Hall–Kier alpha value is -3.68. The largest absolute Gasteiger partial charge is 0.492 e. The number of alkyl halides is 3. The van der Waals surface area contributed by atoms with Gasteiger partial charge in [0.05, 0.1) is 34.7 Å². The van der Waals surface area contributed by atoms with Crippen LogP contribution in [0.15, 0.2) is 46.6 Å². The van der Waals surface area contributed by atoms with Crippen molar-refractivity contribution >= 4 is 46.0 Å². The average Bonchev–Trinajstić information content (AvgIpc) is 3.56. The summed E-state index contributed by atoms with van der Waals surface area (Å²) in [6.07, 6.45) is -3.82. The molecule has 1 aromatic heterocycles. The van der Waals surface area contributed by atoms with Gasteiger partial charge < -0.3 is 19.8 Å². The van der Waals surface area contributed by atoms with Crippen molar-refractivity contribution in [2.75, 3.05) is 31.1 Å². The lowest BCUT2D eigenvalue weighted by atomic mass is 9.96. The van der Waals surface area contributed by atoms with E-state index in [1.165, 1.54) is 17.0 Å². The van der Waals surface area contributed by atoms with Gasteiger partial charge in [-0.25, -0.2) is 4.79 Å². The zero-order valence-corrected chi connectivity index (χ0v) is 25.1. The fourth-order valence-electron chi connectivity index (χ4n) is 4.94. The smallest absolute Gasteiger partial charge is 0.416 e. The molecule has 0 radical (unpaired) electrons. The standard InChI is InChI=1S/C29H29ClF3N5O4S/c1-28(2,3)42-27(41)38-9-8-37(14-20(38)15-39)26-35-25(40)24(43-26)21(16-5-7-23-18(10-16)13-34-36-23)11-17-4-6-19(30)12-22(17)29(31,32)33/h4-7,10,12-13,20,39-40H,8-9,11,14-15H2,1-3H3/t20-/m0/s1. The third-order valence-corrected chi connectivity index (χ3v) is 8.35. The van der Waals surface area contributed by atoms with Gasteiger partial charge in [0.1, 0.15) is 5.60 Å². The second-order valence-corrected chi connectivity index (χ2v) is 12.6.